The number of unbranched alkanes of at least 4 members (excludes halogenated alkanes) is 2. The zero-order chi connectivity index (χ0) is 10.8. The second-order valence-electron chi connectivity index (χ2n) is 3.35. The Bertz CT molecular complexity index is 185. The highest BCUT2D eigenvalue weighted by atomic mass is 16.5. The molecule has 0 radical (unpaired) electrons. The summed E-state index contributed by atoms with van der Waals surface area (Å²) < 4.78 is 4.61. The van der Waals surface area contributed by atoms with Gasteiger partial charge in [-0.3, -0.25) is 4.79 Å². The molecule has 0 N–H and O–H groups in total. The van der Waals surface area contributed by atoms with E-state index in [4.69, 9.17) is 0 Å². The molecule has 0 aliphatic carbocycles. The van der Waals surface area contributed by atoms with E-state index < -0.39 is 0 Å². The Balaban J connectivity index is 3.62. The van der Waals surface area contributed by atoms with Gasteiger partial charge in [0.15, 0.2) is 0 Å². The van der Waals surface area contributed by atoms with Gasteiger partial charge in [0.1, 0.15) is 0 Å². The standard InChI is InChI=1S/C12H20O2/c1-4-6-7-8-9-11(5-2)10-12(13)14-3/h4-5,11H,1-2,6-10H2,3H3. The molecule has 0 fully saturated rings. The van der Waals surface area contributed by atoms with Crippen LogP contribution in [0.4, 0.5) is 0 Å². The normalized spacial score (nSPS) is 11.8. The summed E-state index contributed by atoms with van der Waals surface area (Å²) in [4.78, 5) is 11.0. The van der Waals surface area contributed by atoms with Crippen molar-refractivity contribution in [1.29, 1.82) is 0 Å². The van der Waals surface area contributed by atoms with E-state index in [2.05, 4.69) is 17.9 Å². The maximum absolute atomic E-state index is 11.0. The number of rotatable bonds is 8. The summed E-state index contributed by atoms with van der Waals surface area (Å²) in [6, 6.07) is 0. The number of esters is 1. The van der Waals surface area contributed by atoms with Gasteiger partial charge in [-0.25, -0.2) is 0 Å². The van der Waals surface area contributed by atoms with Crippen LogP contribution in [0.15, 0.2) is 25.3 Å². The van der Waals surface area contributed by atoms with Gasteiger partial charge in [-0.2, -0.15) is 0 Å². The van der Waals surface area contributed by atoms with Crippen molar-refractivity contribution in [2.24, 2.45) is 5.92 Å². The average Bonchev–Trinajstić information content (AvgIpc) is 2.22. The van der Waals surface area contributed by atoms with Crippen LogP contribution in [0.5, 0.6) is 0 Å². The number of hydrogen-bond donors (Lipinski definition) is 0. The lowest BCUT2D eigenvalue weighted by atomic mass is 9.98. The average molecular weight is 196 g/mol. The minimum Gasteiger partial charge on any atom is -0.469 e. The van der Waals surface area contributed by atoms with Crippen LogP contribution in [-0.4, -0.2) is 13.1 Å². The molecule has 0 aliphatic rings. The third-order valence-electron chi connectivity index (χ3n) is 2.22. The van der Waals surface area contributed by atoms with Crippen LogP contribution in [-0.2, 0) is 9.53 Å². The molecule has 80 valence electrons. The first kappa shape index (κ1) is 12.9. The fourth-order valence-electron chi connectivity index (χ4n) is 1.30. The van der Waals surface area contributed by atoms with Crippen LogP contribution in [0.2, 0.25) is 0 Å². The van der Waals surface area contributed by atoms with Gasteiger partial charge < -0.3 is 4.74 Å². The maximum Gasteiger partial charge on any atom is 0.306 e. The Hall–Kier alpha value is -1.05. The first-order valence-corrected chi connectivity index (χ1v) is 5.04. The summed E-state index contributed by atoms with van der Waals surface area (Å²) in [5, 5.41) is 0. The van der Waals surface area contributed by atoms with Gasteiger partial charge in [0.2, 0.25) is 0 Å². The van der Waals surface area contributed by atoms with E-state index in [9.17, 15) is 4.79 Å². The molecule has 0 bridgehead atoms. The summed E-state index contributed by atoms with van der Waals surface area (Å²) in [5.41, 5.74) is 0. The van der Waals surface area contributed by atoms with Gasteiger partial charge in [0.25, 0.3) is 0 Å². The van der Waals surface area contributed by atoms with Crippen LogP contribution in [0.25, 0.3) is 0 Å². The van der Waals surface area contributed by atoms with Crippen molar-refractivity contribution < 1.29 is 9.53 Å². The smallest absolute Gasteiger partial charge is 0.306 e. The molecule has 0 aromatic heterocycles. The van der Waals surface area contributed by atoms with Crippen molar-refractivity contribution in [3.05, 3.63) is 25.3 Å². The summed E-state index contributed by atoms with van der Waals surface area (Å²) in [6.07, 6.45) is 8.51. The molecule has 0 aliphatic heterocycles. The van der Waals surface area contributed by atoms with E-state index in [-0.39, 0.29) is 11.9 Å². The first-order chi connectivity index (χ1) is 6.74. The molecule has 1 unspecified atom stereocenters. The maximum atomic E-state index is 11.0. The van der Waals surface area contributed by atoms with Crippen LogP contribution < -0.4 is 0 Å². The van der Waals surface area contributed by atoms with E-state index in [0.717, 1.165) is 25.7 Å². The lowest BCUT2D eigenvalue weighted by molar-refractivity contribution is -0.141. The molecule has 1 atom stereocenters. The summed E-state index contributed by atoms with van der Waals surface area (Å²) in [5.74, 6) is 0.103. The minimum absolute atomic E-state index is 0.154. The minimum atomic E-state index is -0.154. The van der Waals surface area contributed by atoms with Gasteiger partial charge in [0, 0.05) is 0 Å². The summed E-state index contributed by atoms with van der Waals surface area (Å²) >= 11 is 0. The fraction of sp³-hybridized carbons (Fsp3) is 0.583. The van der Waals surface area contributed by atoms with Crippen molar-refractivity contribution in [2.75, 3.05) is 7.11 Å². The van der Waals surface area contributed by atoms with Crippen molar-refractivity contribution >= 4 is 5.97 Å². The quantitative estimate of drug-likeness (QED) is 0.339. The van der Waals surface area contributed by atoms with E-state index >= 15 is 0 Å². The third-order valence-corrected chi connectivity index (χ3v) is 2.22. The van der Waals surface area contributed by atoms with E-state index in [1.165, 1.54) is 7.11 Å². The predicted octanol–water partition coefficient (Wildman–Crippen LogP) is 3.10. The first-order valence-electron chi connectivity index (χ1n) is 5.04. The Labute approximate surface area is 86.6 Å². The fourth-order valence-corrected chi connectivity index (χ4v) is 1.30. The molecule has 0 saturated carbocycles. The molecule has 0 amide bonds. The van der Waals surface area contributed by atoms with E-state index in [1.54, 1.807) is 0 Å². The number of carbonyl (C=O) groups excluding carboxylic acids is 1. The van der Waals surface area contributed by atoms with Crippen molar-refractivity contribution in [1.82, 2.24) is 0 Å². The number of methoxy groups -OCH3 is 1. The predicted molar refractivity (Wildman–Crippen MR) is 59.0 cm³/mol. The zero-order valence-corrected chi connectivity index (χ0v) is 9.00. The molecule has 2 nitrogen and oxygen atoms in total. The van der Waals surface area contributed by atoms with Crippen LogP contribution in [0, 0.1) is 5.92 Å². The highest BCUT2D eigenvalue weighted by molar-refractivity contribution is 5.69. The molecule has 2 heteroatoms. The zero-order valence-electron chi connectivity index (χ0n) is 9.00. The molecule has 0 spiro atoms. The number of ether oxygens (including phenoxy) is 1. The number of hydrogen-bond acceptors (Lipinski definition) is 2. The number of carbonyl (C=O) groups is 1. The lowest BCUT2D eigenvalue weighted by Crippen LogP contribution is -2.07. The molecule has 0 saturated heterocycles. The summed E-state index contributed by atoms with van der Waals surface area (Å²) in [6.45, 7) is 7.38. The molecule has 0 aromatic carbocycles. The van der Waals surface area contributed by atoms with Gasteiger partial charge in [0.05, 0.1) is 13.5 Å². The van der Waals surface area contributed by atoms with E-state index in [1.807, 2.05) is 12.2 Å². The highest BCUT2D eigenvalue weighted by Crippen LogP contribution is 2.15. The van der Waals surface area contributed by atoms with Crippen molar-refractivity contribution in [3.63, 3.8) is 0 Å². The second kappa shape index (κ2) is 8.54. The monoisotopic (exact) mass is 196 g/mol. The molecular weight excluding hydrogens is 176 g/mol. The molecule has 14 heavy (non-hydrogen) atoms. The topological polar surface area (TPSA) is 26.3 Å². The number of allylic oxidation sites excluding steroid dienone is 2. The highest BCUT2D eigenvalue weighted by Gasteiger charge is 2.09. The Kier molecular flexibility index (Phi) is 7.90. The SMILES string of the molecule is C=CCCCCC(C=C)CC(=O)OC. The molecule has 0 aromatic rings. The van der Waals surface area contributed by atoms with Crippen LogP contribution >= 0.6 is 0 Å². The third kappa shape index (κ3) is 6.46. The Morgan fingerprint density at radius 2 is 2.14 bits per heavy atom. The molecular formula is C12H20O2. The van der Waals surface area contributed by atoms with Crippen molar-refractivity contribution in [3.8, 4) is 0 Å². The molecule has 0 rings (SSSR count). The Morgan fingerprint density at radius 1 is 1.43 bits per heavy atom. The van der Waals surface area contributed by atoms with Gasteiger partial charge >= 0.3 is 5.97 Å². The summed E-state index contributed by atoms with van der Waals surface area (Å²) in [7, 11) is 1.42. The second-order valence-corrected chi connectivity index (χ2v) is 3.35. The van der Waals surface area contributed by atoms with Crippen LogP contribution in [0.3, 0.4) is 0 Å². The van der Waals surface area contributed by atoms with Gasteiger partial charge in [-0.1, -0.05) is 18.6 Å². The van der Waals surface area contributed by atoms with Crippen LogP contribution in [0.1, 0.15) is 32.1 Å². The lowest BCUT2D eigenvalue weighted by Gasteiger charge is -2.09. The van der Waals surface area contributed by atoms with Gasteiger partial charge in [-0.15, -0.1) is 13.2 Å². The van der Waals surface area contributed by atoms with Gasteiger partial charge in [-0.05, 0) is 25.2 Å². The van der Waals surface area contributed by atoms with Crippen molar-refractivity contribution in [2.45, 2.75) is 32.1 Å². The van der Waals surface area contributed by atoms with E-state index in [0.29, 0.717) is 6.42 Å². The largest absolute Gasteiger partial charge is 0.469 e. The Morgan fingerprint density at radius 3 is 2.64 bits per heavy atom. The molecule has 0 heterocycles.